The number of carbonyl (C=O) groups is 1. The van der Waals surface area contributed by atoms with Crippen LogP contribution in [-0.4, -0.2) is 11.1 Å². The van der Waals surface area contributed by atoms with Crippen molar-refractivity contribution < 1.29 is 9.90 Å². The van der Waals surface area contributed by atoms with Crippen LogP contribution in [0.2, 0.25) is 0 Å². The summed E-state index contributed by atoms with van der Waals surface area (Å²) < 4.78 is 0. The molecular formula is C12H13NO2S2. The Labute approximate surface area is 108 Å². The van der Waals surface area contributed by atoms with Crippen molar-refractivity contribution in [2.45, 2.75) is 20.0 Å². The molecule has 3 nitrogen and oxygen atoms in total. The van der Waals surface area contributed by atoms with Gasteiger partial charge in [0.2, 0.25) is 0 Å². The topological polar surface area (TPSA) is 49.3 Å². The molecule has 2 rings (SSSR count). The van der Waals surface area contributed by atoms with Crippen LogP contribution < -0.4 is 5.32 Å². The van der Waals surface area contributed by atoms with Gasteiger partial charge in [-0.2, -0.15) is 11.3 Å². The van der Waals surface area contributed by atoms with Gasteiger partial charge in [-0.15, -0.1) is 11.3 Å². The number of aromatic carboxylic acids is 1. The molecule has 17 heavy (non-hydrogen) atoms. The number of carboxylic acid groups (broad SMARTS) is 1. The van der Waals surface area contributed by atoms with Crippen molar-refractivity contribution in [3.05, 3.63) is 43.8 Å². The Kier molecular flexibility index (Phi) is 3.93. The highest BCUT2D eigenvalue weighted by atomic mass is 32.1. The van der Waals surface area contributed by atoms with E-state index in [1.807, 2.05) is 11.4 Å². The fourth-order valence-corrected chi connectivity index (χ4v) is 3.18. The zero-order chi connectivity index (χ0) is 12.3. The summed E-state index contributed by atoms with van der Waals surface area (Å²) in [4.78, 5) is 11.3. The first-order valence-corrected chi connectivity index (χ1v) is 7.02. The van der Waals surface area contributed by atoms with E-state index >= 15 is 0 Å². The van der Waals surface area contributed by atoms with Crippen molar-refractivity contribution in [3.8, 4) is 0 Å². The van der Waals surface area contributed by atoms with Crippen molar-refractivity contribution in [3.63, 3.8) is 0 Å². The largest absolute Gasteiger partial charge is 0.477 e. The van der Waals surface area contributed by atoms with Crippen LogP contribution in [-0.2, 0) is 13.1 Å². The summed E-state index contributed by atoms with van der Waals surface area (Å²) in [5.41, 5.74) is 3.42. The predicted octanol–water partition coefficient (Wildman–Crippen LogP) is 3.11. The second-order valence-electron chi connectivity index (χ2n) is 3.76. The van der Waals surface area contributed by atoms with E-state index in [0.717, 1.165) is 12.1 Å². The van der Waals surface area contributed by atoms with Gasteiger partial charge in [0.25, 0.3) is 0 Å². The van der Waals surface area contributed by atoms with Crippen LogP contribution >= 0.6 is 22.7 Å². The molecule has 2 N–H and O–H groups in total. The zero-order valence-electron chi connectivity index (χ0n) is 9.40. The summed E-state index contributed by atoms with van der Waals surface area (Å²) in [6.07, 6.45) is 0. The van der Waals surface area contributed by atoms with Crippen LogP contribution in [0.1, 0.15) is 26.4 Å². The van der Waals surface area contributed by atoms with Gasteiger partial charge in [0, 0.05) is 13.1 Å². The predicted molar refractivity (Wildman–Crippen MR) is 70.9 cm³/mol. The molecule has 0 aliphatic carbocycles. The molecule has 2 aromatic rings. The molecule has 0 radical (unpaired) electrons. The quantitative estimate of drug-likeness (QED) is 0.875. The molecule has 5 heteroatoms. The summed E-state index contributed by atoms with van der Waals surface area (Å²) in [5.74, 6) is -0.844. The molecule has 0 atom stereocenters. The SMILES string of the molecule is Cc1cscc1CNCc1ccsc1C(=O)O. The number of carboxylic acids is 1. The van der Waals surface area contributed by atoms with E-state index in [-0.39, 0.29) is 0 Å². The second kappa shape index (κ2) is 5.44. The molecule has 0 unspecified atom stereocenters. The lowest BCUT2D eigenvalue weighted by atomic mass is 10.2. The van der Waals surface area contributed by atoms with Gasteiger partial charge < -0.3 is 10.4 Å². The molecule has 0 saturated heterocycles. The Hall–Kier alpha value is -1.17. The number of thiophene rings is 2. The monoisotopic (exact) mass is 267 g/mol. The van der Waals surface area contributed by atoms with Crippen molar-refractivity contribution >= 4 is 28.6 Å². The Morgan fingerprint density at radius 3 is 2.76 bits per heavy atom. The molecule has 90 valence electrons. The maximum Gasteiger partial charge on any atom is 0.346 e. The van der Waals surface area contributed by atoms with Gasteiger partial charge in [-0.1, -0.05) is 0 Å². The van der Waals surface area contributed by atoms with E-state index in [2.05, 4.69) is 23.0 Å². The number of aryl methyl sites for hydroxylation is 1. The minimum Gasteiger partial charge on any atom is -0.477 e. The molecule has 0 aliphatic heterocycles. The Bertz CT molecular complexity index is 516. The van der Waals surface area contributed by atoms with E-state index in [1.54, 1.807) is 11.3 Å². The summed E-state index contributed by atoms with van der Waals surface area (Å²) in [5, 5.41) is 18.3. The maximum absolute atomic E-state index is 10.9. The number of hydrogen-bond acceptors (Lipinski definition) is 4. The van der Waals surface area contributed by atoms with Gasteiger partial charge in [-0.3, -0.25) is 0 Å². The lowest BCUT2D eigenvalue weighted by Crippen LogP contribution is -2.14. The molecule has 0 fully saturated rings. The molecule has 0 saturated carbocycles. The molecule has 2 aromatic heterocycles. The standard InChI is InChI=1S/C12H13NO2S2/c1-8-6-16-7-10(8)5-13-4-9-2-3-17-11(9)12(14)15/h2-3,6-7,13H,4-5H2,1H3,(H,14,15). The Morgan fingerprint density at radius 2 is 2.12 bits per heavy atom. The molecule has 0 spiro atoms. The van der Waals surface area contributed by atoms with Crippen LogP contribution in [0.15, 0.2) is 22.2 Å². The van der Waals surface area contributed by atoms with Crippen molar-refractivity contribution in [1.29, 1.82) is 0 Å². The summed E-state index contributed by atoms with van der Waals surface area (Å²) in [7, 11) is 0. The Balaban J connectivity index is 1.92. The van der Waals surface area contributed by atoms with Gasteiger partial charge in [0.1, 0.15) is 4.88 Å². The average Bonchev–Trinajstić information content (AvgIpc) is 2.88. The minimum absolute atomic E-state index is 0.430. The van der Waals surface area contributed by atoms with Crippen LogP contribution in [0.3, 0.4) is 0 Å². The van der Waals surface area contributed by atoms with Crippen molar-refractivity contribution in [2.75, 3.05) is 0 Å². The lowest BCUT2D eigenvalue weighted by molar-refractivity contribution is 0.0701. The van der Waals surface area contributed by atoms with Gasteiger partial charge in [-0.05, 0) is 45.8 Å². The number of nitrogens with one attached hydrogen (secondary N) is 1. The van der Waals surface area contributed by atoms with Gasteiger partial charge in [-0.25, -0.2) is 4.79 Å². The first-order valence-electron chi connectivity index (χ1n) is 5.20. The molecular weight excluding hydrogens is 254 g/mol. The first-order chi connectivity index (χ1) is 8.18. The summed E-state index contributed by atoms with van der Waals surface area (Å²) >= 11 is 2.96. The summed E-state index contributed by atoms with van der Waals surface area (Å²) in [6.45, 7) is 3.46. The summed E-state index contributed by atoms with van der Waals surface area (Å²) in [6, 6.07) is 1.86. The zero-order valence-corrected chi connectivity index (χ0v) is 11.0. The Morgan fingerprint density at radius 1 is 1.35 bits per heavy atom. The highest BCUT2D eigenvalue weighted by molar-refractivity contribution is 7.12. The highest BCUT2D eigenvalue weighted by Gasteiger charge is 2.10. The minimum atomic E-state index is -0.844. The molecule has 0 bridgehead atoms. The third-order valence-corrected chi connectivity index (χ3v) is 4.39. The molecule has 0 amide bonds. The maximum atomic E-state index is 10.9. The number of hydrogen-bond donors (Lipinski definition) is 2. The molecule has 0 aliphatic rings. The van der Waals surface area contributed by atoms with Crippen LogP contribution in [0.5, 0.6) is 0 Å². The fourth-order valence-electron chi connectivity index (χ4n) is 1.56. The van der Waals surface area contributed by atoms with E-state index < -0.39 is 5.97 Å². The number of rotatable bonds is 5. The fraction of sp³-hybridized carbons (Fsp3) is 0.250. The normalized spacial score (nSPS) is 10.6. The van der Waals surface area contributed by atoms with E-state index in [9.17, 15) is 4.79 Å². The van der Waals surface area contributed by atoms with Crippen LogP contribution in [0, 0.1) is 6.92 Å². The van der Waals surface area contributed by atoms with Crippen molar-refractivity contribution in [2.24, 2.45) is 0 Å². The smallest absolute Gasteiger partial charge is 0.346 e. The average molecular weight is 267 g/mol. The molecule has 0 aromatic carbocycles. The molecule has 2 heterocycles. The van der Waals surface area contributed by atoms with E-state index in [4.69, 9.17) is 5.11 Å². The third-order valence-electron chi connectivity index (χ3n) is 2.53. The third kappa shape index (κ3) is 2.94. The second-order valence-corrected chi connectivity index (χ2v) is 5.42. The van der Waals surface area contributed by atoms with Crippen LogP contribution in [0.25, 0.3) is 0 Å². The van der Waals surface area contributed by atoms with Crippen LogP contribution in [0.4, 0.5) is 0 Å². The lowest BCUT2D eigenvalue weighted by Gasteiger charge is -2.04. The van der Waals surface area contributed by atoms with Crippen molar-refractivity contribution in [1.82, 2.24) is 5.32 Å². The van der Waals surface area contributed by atoms with Gasteiger partial charge >= 0.3 is 5.97 Å². The highest BCUT2D eigenvalue weighted by Crippen LogP contribution is 2.17. The van der Waals surface area contributed by atoms with E-state index in [1.165, 1.54) is 22.5 Å². The van der Waals surface area contributed by atoms with Gasteiger partial charge in [0.15, 0.2) is 0 Å². The van der Waals surface area contributed by atoms with E-state index in [0.29, 0.717) is 11.4 Å². The first kappa shape index (κ1) is 12.3. The van der Waals surface area contributed by atoms with Gasteiger partial charge in [0.05, 0.1) is 0 Å².